The van der Waals surface area contributed by atoms with Crippen molar-refractivity contribution in [3.8, 4) is 16.9 Å². The first-order valence-corrected chi connectivity index (χ1v) is 9.33. The number of amides is 1. The number of hydrogen-bond donors (Lipinski definition) is 2. The van der Waals surface area contributed by atoms with Crippen LogP contribution in [0.2, 0.25) is 5.02 Å². The van der Waals surface area contributed by atoms with Gasteiger partial charge in [0.1, 0.15) is 5.75 Å². The molecule has 0 fully saturated rings. The van der Waals surface area contributed by atoms with Gasteiger partial charge in [-0.3, -0.25) is 4.79 Å². The second kappa shape index (κ2) is 8.36. The molecule has 1 amide bonds. The summed E-state index contributed by atoms with van der Waals surface area (Å²) in [7, 11) is 1.49. The summed E-state index contributed by atoms with van der Waals surface area (Å²) in [6.45, 7) is 0.0896. The highest BCUT2D eigenvalue weighted by Gasteiger charge is 2.15. The molecule has 1 heterocycles. The molecule has 1 aromatic heterocycles. The van der Waals surface area contributed by atoms with Gasteiger partial charge in [0.2, 0.25) is 0 Å². The van der Waals surface area contributed by atoms with Gasteiger partial charge in [-0.1, -0.05) is 35.9 Å². The molecule has 1 unspecified atom stereocenters. The van der Waals surface area contributed by atoms with Gasteiger partial charge in [0.15, 0.2) is 0 Å². The van der Waals surface area contributed by atoms with E-state index in [1.54, 1.807) is 23.5 Å². The maximum Gasteiger partial charge on any atom is 0.255 e. The molecule has 2 N–H and O–H groups in total. The van der Waals surface area contributed by atoms with Crippen molar-refractivity contribution in [2.75, 3.05) is 13.7 Å². The maximum absolute atomic E-state index is 12.4. The molecule has 0 spiro atoms. The number of thiophene rings is 1. The normalized spacial score (nSPS) is 11.8. The van der Waals surface area contributed by atoms with Crippen LogP contribution in [0.15, 0.2) is 59.3 Å². The SMILES string of the molecule is COc1ccc(Cl)cc1C(=O)NCC(O)c1ccc(-c2ccsc2)cc1. The van der Waals surface area contributed by atoms with Gasteiger partial charge in [0, 0.05) is 11.6 Å². The van der Waals surface area contributed by atoms with Crippen LogP contribution in [0, 0.1) is 0 Å². The average Bonchev–Trinajstić information content (AvgIpc) is 3.20. The lowest BCUT2D eigenvalue weighted by Crippen LogP contribution is -2.28. The monoisotopic (exact) mass is 387 g/mol. The van der Waals surface area contributed by atoms with Crippen molar-refractivity contribution in [3.05, 3.63) is 75.4 Å². The molecule has 0 aliphatic rings. The van der Waals surface area contributed by atoms with E-state index in [2.05, 4.69) is 16.8 Å². The van der Waals surface area contributed by atoms with Crippen LogP contribution >= 0.6 is 22.9 Å². The second-order valence-electron chi connectivity index (χ2n) is 5.70. The van der Waals surface area contributed by atoms with Crippen LogP contribution < -0.4 is 10.1 Å². The number of benzene rings is 2. The summed E-state index contributed by atoms with van der Waals surface area (Å²) >= 11 is 7.59. The number of carbonyl (C=O) groups excluding carboxylic acids is 1. The van der Waals surface area contributed by atoms with E-state index >= 15 is 0 Å². The maximum atomic E-state index is 12.4. The highest BCUT2D eigenvalue weighted by Crippen LogP contribution is 2.25. The molecule has 0 aliphatic carbocycles. The summed E-state index contributed by atoms with van der Waals surface area (Å²) in [5.74, 6) is 0.0831. The molecule has 2 aromatic carbocycles. The number of aliphatic hydroxyl groups is 1. The molecule has 0 bridgehead atoms. The first-order chi connectivity index (χ1) is 12.6. The molecule has 3 aromatic rings. The van der Waals surface area contributed by atoms with E-state index in [0.717, 1.165) is 16.7 Å². The largest absolute Gasteiger partial charge is 0.496 e. The average molecular weight is 388 g/mol. The Bertz CT molecular complexity index is 879. The quantitative estimate of drug-likeness (QED) is 0.652. The van der Waals surface area contributed by atoms with E-state index in [1.165, 1.54) is 13.2 Å². The summed E-state index contributed by atoms with van der Waals surface area (Å²) in [5.41, 5.74) is 3.31. The van der Waals surface area contributed by atoms with E-state index in [9.17, 15) is 9.90 Å². The minimum atomic E-state index is -0.805. The number of nitrogens with one attached hydrogen (secondary N) is 1. The molecule has 0 aliphatic heterocycles. The highest BCUT2D eigenvalue weighted by molar-refractivity contribution is 7.08. The third-order valence-electron chi connectivity index (χ3n) is 4.01. The van der Waals surface area contributed by atoms with Crippen LogP contribution in [-0.2, 0) is 0 Å². The predicted molar refractivity (Wildman–Crippen MR) is 105 cm³/mol. The van der Waals surface area contributed by atoms with Crippen molar-refractivity contribution in [2.24, 2.45) is 0 Å². The van der Waals surface area contributed by atoms with E-state index in [0.29, 0.717) is 16.3 Å². The predicted octanol–water partition coefficient (Wildman–Crippen LogP) is 4.54. The van der Waals surface area contributed by atoms with Crippen molar-refractivity contribution in [1.29, 1.82) is 0 Å². The number of rotatable bonds is 6. The smallest absolute Gasteiger partial charge is 0.255 e. The number of carbonyl (C=O) groups is 1. The molecule has 1 atom stereocenters. The van der Waals surface area contributed by atoms with Crippen LogP contribution in [-0.4, -0.2) is 24.7 Å². The Kier molecular flexibility index (Phi) is 5.93. The summed E-state index contributed by atoms with van der Waals surface area (Å²) < 4.78 is 5.18. The zero-order valence-corrected chi connectivity index (χ0v) is 15.7. The molecular formula is C20H18ClNO3S. The lowest BCUT2D eigenvalue weighted by molar-refractivity contribution is 0.0913. The Labute approximate surface area is 161 Å². The number of methoxy groups -OCH3 is 1. The Morgan fingerprint density at radius 3 is 2.62 bits per heavy atom. The van der Waals surface area contributed by atoms with E-state index in [4.69, 9.17) is 16.3 Å². The van der Waals surface area contributed by atoms with E-state index in [-0.39, 0.29) is 12.5 Å². The van der Waals surface area contributed by atoms with Gasteiger partial charge >= 0.3 is 0 Å². The molecule has 26 heavy (non-hydrogen) atoms. The van der Waals surface area contributed by atoms with Gasteiger partial charge in [-0.2, -0.15) is 11.3 Å². The first kappa shape index (κ1) is 18.5. The van der Waals surface area contributed by atoms with Crippen molar-refractivity contribution in [1.82, 2.24) is 5.32 Å². The molecule has 6 heteroatoms. The van der Waals surface area contributed by atoms with Crippen LogP contribution in [0.3, 0.4) is 0 Å². The number of hydrogen-bond acceptors (Lipinski definition) is 4. The van der Waals surface area contributed by atoms with Crippen LogP contribution in [0.5, 0.6) is 5.75 Å². The van der Waals surface area contributed by atoms with Gasteiger partial charge in [0.25, 0.3) is 5.91 Å². The zero-order valence-electron chi connectivity index (χ0n) is 14.1. The van der Waals surface area contributed by atoms with Crippen molar-refractivity contribution in [2.45, 2.75) is 6.10 Å². The Hall–Kier alpha value is -2.34. The molecule has 134 valence electrons. The summed E-state index contributed by atoms with van der Waals surface area (Å²) in [6.07, 6.45) is -0.805. The summed E-state index contributed by atoms with van der Waals surface area (Å²) in [6, 6.07) is 14.5. The Morgan fingerprint density at radius 1 is 1.19 bits per heavy atom. The fourth-order valence-electron chi connectivity index (χ4n) is 2.59. The van der Waals surface area contributed by atoms with Crippen molar-refractivity contribution < 1.29 is 14.6 Å². The number of aliphatic hydroxyl groups excluding tert-OH is 1. The van der Waals surface area contributed by atoms with Gasteiger partial charge < -0.3 is 15.2 Å². The number of ether oxygens (including phenoxy) is 1. The second-order valence-corrected chi connectivity index (χ2v) is 6.92. The van der Waals surface area contributed by atoms with Crippen LogP contribution in [0.4, 0.5) is 0 Å². The van der Waals surface area contributed by atoms with E-state index in [1.807, 2.05) is 29.6 Å². The molecule has 3 rings (SSSR count). The van der Waals surface area contributed by atoms with Crippen LogP contribution in [0.25, 0.3) is 11.1 Å². The fraction of sp³-hybridized carbons (Fsp3) is 0.150. The zero-order chi connectivity index (χ0) is 18.5. The molecule has 0 saturated heterocycles. The fourth-order valence-corrected chi connectivity index (χ4v) is 3.42. The minimum Gasteiger partial charge on any atom is -0.496 e. The minimum absolute atomic E-state index is 0.0896. The lowest BCUT2D eigenvalue weighted by atomic mass is 10.0. The van der Waals surface area contributed by atoms with Gasteiger partial charge in [-0.05, 0) is 51.7 Å². The standard InChI is InChI=1S/C20H18ClNO3S/c1-25-19-7-6-16(21)10-17(19)20(24)22-11-18(23)14-4-2-13(3-5-14)15-8-9-26-12-15/h2-10,12,18,23H,11H2,1H3,(H,22,24). The van der Waals surface area contributed by atoms with Gasteiger partial charge in [0.05, 0.1) is 18.8 Å². The van der Waals surface area contributed by atoms with Gasteiger partial charge in [-0.25, -0.2) is 0 Å². The van der Waals surface area contributed by atoms with Crippen molar-refractivity contribution >= 4 is 28.8 Å². The highest BCUT2D eigenvalue weighted by atomic mass is 35.5. The molecule has 4 nitrogen and oxygen atoms in total. The van der Waals surface area contributed by atoms with Crippen LogP contribution in [0.1, 0.15) is 22.0 Å². The third kappa shape index (κ3) is 4.25. The number of halogens is 1. The summed E-state index contributed by atoms with van der Waals surface area (Å²) in [5, 5.41) is 17.6. The molecule has 0 saturated carbocycles. The molecule has 0 radical (unpaired) electrons. The van der Waals surface area contributed by atoms with E-state index < -0.39 is 6.10 Å². The third-order valence-corrected chi connectivity index (χ3v) is 4.93. The van der Waals surface area contributed by atoms with Crippen molar-refractivity contribution in [3.63, 3.8) is 0 Å². The topological polar surface area (TPSA) is 58.6 Å². The Morgan fingerprint density at radius 2 is 1.96 bits per heavy atom. The Balaban J connectivity index is 1.64. The lowest BCUT2D eigenvalue weighted by Gasteiger charge is -2.14. The van der Waals surface area contributed by atoms with Gasteiger partial charge in [-0.15, -0.1) is 0 Å². The molecular weight excluding hydrogens is 370 g/mol. The summed E-state index contributed by atoms with van der Waals surface area (Å²) in [4.78, 5) is 12.4. The first-order valence-electron chi connectivity index (χ1n) is 8.01.